The van der Waals surface area contributed by atoms with Crippen LogP contribution in [0.25, 0.3) is 0 Å². The molecule has 114 valence electrons. The van der Waals surface area contributed by atoms with Crippen LogP contribution in [0.3, 0.4) is 0 Å². The molecular weight excluding hydrogens is 303 g/mol. The second kappa shape index (κ2) is 5.63. The Morgan fingerprint density at radius 2 is 2.24 bits per heavy atom. The number of nitrogens with zero attached hydrogens (tertiary/aromatic N) is 5. The second-order valence-corrected chi connectivity index (χ2v) is 6.09. The molecule has 1 unspecified atom stereocenters. The first-order valence-corrected chi connectivity index (χ1v) is 7.44. The van der Waals surface area contributed by atoms with Crippen LogP contribution in [-0.4, -0.2) is 32.8 Å². The molecule has 0 N–H and O–H groups in total. The Morgan fingerprint density at radius 1 is 1.38 bits per heavy atom. The number of anilines is 1. The first-order chi connectivity index (χ1) is 10.0. The monoisotopic (exact) mass is 317 g/mol. The summed E-state index contributed by atoms with van der Waals surface area (Å²) in [6.07, 6.45) is 1.72. The summed E-state index contributed by atoms with van der Waals surface area (Å²) in [5.74, 6) is 0.346. The van der Waals surface area contributed by atoms with E-state index in [2.05, 4.69) is 15.1 Å². The van der Waals surface area contributed by atoms with Crippen LogP contribution >= 0.6 is 11.3 Å². The summed E-state index contributed by atoms with van der Waals surface area (Å²) in [5, 5.41) is 4.52. The van der Waals surface area contributed by atoms with E-state index in [1.54, 1.807) is 11.0 Å². The number of alkyl halides is 3. The maximum Gasteiger partial charge on any atom is 0.427 e. The number of hydrogen-bond acceptors (Lipinski definition) is 5. The summed E-state index contributed by atoms with van der Waals surface area (Å²) in [7, 11) is 0. The van der Waals surface area contributed by atoms with Gasteiger partial charge in [-0.2, -0.15) is 18.3 Å². The van der Waals surface area contributed by atoms with Crippen LogP contribution in [0.4, 0.5) is 18.3 Å². The van der Waals surface area contributed by atoms with Crippen molar-refractivity contribution in [3.05, 3.63) is 23.7 Å². The van der Waals surface area contributed by atoms with Crippen LogP contribution in [0.5, 0.6) is 0 Å². The van der Waals surface area contributed by atoms with E-state index in [0.29, 0.717) is 28.9 Å². The third-order valence-corrected chi connectivity index (χ3v) is 4.58. The Hall–Kier alpha value is -1.64. The average molecular weight is 317 g/mol. The van der Waals surface area contributed by atoms with Crippen LogP contribution in [0.2, 0.25) is 0 Å². The van der Waals surface area contributed by atoms with Gasteiger partial charge in [-0.25, -0.2) is 9.97 Å². The molecule has 21 heavy (non-hydrogen) atoms. The zero-order valence-electron chi connectivity index (χ0n) is 11.1. The van der Waals surface area contributed by atoms with E-state index in [4.69, 9.17) is 0 Å². The maximum absolute atomic E-state index is 12.6. The molecule has 0 aromatic carbocycles. The van der Waals surface area contributed by atoms with Gasteiger partial charge in [0, 0.05) is 19.6 Å². The molecule has 9 heteroatoms. The minimum absolute atomic E-state index is 0.346. The van der Waals surface area contributed by atoms with Gasteiger partial charge in [-0.15, -0.1) is 0 Å². The fraction of sp³-hybridized carbons (Fsp3) is 0.583. The molecule has 1 aliphatic heterocycles. The topological polar surface area (TPSA) is 46.8 Å². The van der Waals surface area contributed by atoms with Crippen LogP contribution in [0.15, 0.2) is 18.9 Å². The summed E-state index contributed by atoms with van der Waals surface area (Å²) in [4.78, 5) is 9.12. The summed E-state index contributed by atoms with van der Waals surface area (Å²) < 4.78 is 39.7. The van der Waals surface area contributed by atoms with Gasteiger partial charge in [-0.3, -0.25) is 4.68 Å². The Kier molecular flexibility index (Phi) is 3.83. The molecule has 0 aliphatic carbocycles. The van der Waals surface area contributed by atoms with E-state index in [0.717, 1.165) is 32.1 Å². The quantitative estimate of drug-likeness (QED) is 0.873. The van der Waals surface area contributed by atoms with Crippen molar-refractivity contribution in [2.75, 3.05) is 18.0 Å². The molecule has 5 nitrogen and oxygen atoms in total. The van der Waals surface area contributed by atoms with Gasteiger partial charge in [-0.1, -0.05) is 11.3 Å². The minimum Gasteiger partial charge on any atom is -0.348 e. The second-order valence-electron chi connectivity index (χ2n) is 5.08. The lowest BCUT2D eigenvalue weighted by Gasteiger charge is -2.32. The molecule has 2 aromatic rings. The van der Waals surface area contributed by atoms with Crippen molar-refractivity contribution in [3.63, 3.8) is 0 Å². The van der Waals surface area contributed by atoms with E-state index in [1.165, 1.54) is 6.33 Å². The lowest BCUT2D eigenvalue weighted by molar-refractivity contribution is -0.134. The lowest BCUT2D eigenvalue weighted by atomic mass is 9.98. The molecule has 0 radical (unpaired) electrons. The summed E-state index contributed by atoms with van der Waals surface area (Å²) in [5.41, 5.74) is 0. The van der Waals surface area contributed by atoms with Crippen molar-refractivity contribution in [2.24, 2.45) is 5.92 Å². The van der Waals surface area contributed by atoms with E-state index >= 15 is 0 Å². The van der Waals surface area contributed by atoms with Gasteiger partial charge in [0.2, 0.25) is 0 Å². The smallest absolute Gasteiger partial charge is 0.348 e. The Labute approximate surface area is 123 Å². The first kappa shape index (κ1) is 14.3. The molecule has 2 aromatic heterocycles. The van der Waals surface area contributed by atoms with E-state index in [1.807, 2.05) is 4.90 Å². The fourth-order valence-corrected chi connectivity index (χ4v) is 3.34. The van der Waals surface area contributed by atoms with E-state index in [-0.39, 0.29) is 0 Å². The lowest BCUT2D eigenvalue weighted by Crippen LogP contribution is -2.37. The number of halogens is 3. The molecule has 0 amide bonds. The van der Waals surface area contributed by atoms with Crippen molar-refractivity contribution in [1.29, 1.82) is 0 Å². The standard InChI is InChI=1S/C12H14F3N5S/c13-12(14,15)10-4-17-11(21-10)19-3-1-2-9(5-19)6-20-8-16-7-18-20/h4,7-9H,1-3,5-6H2. The fourth-order valence-electron chi connectivity index (χ4n) is 2.52. The molecule has 1 aliphatic rings. The third-order valence-electron chi connectivity index (χ3n) is 3.47. The zero-order chi connectivity index (χ0) is 14.9. The third kappa shape index (κ3) is 3.34. The SMILES string of the molecule is FC(F)(F)c1cnc(N2CCCC(Cn3cncn3)C2)s1. The molecular formula is C12H14F3N5S. The molecule has 3 heterocycles. The van der Waals surface area contributed by atoms with Gasteiger partial charge in [0.15, 0.2) is 5.13 Å². The highest BCUT2D eigenvalue weighted by Gasteiger charge is 2.34. The van der Waals surface area contributed by atoms with Gasteiger partial charge >= 0.3 is 6.18 Å². The molecule has 1 saturated heterocycles. The zero-order valence-corrected chi connectivity index (χ0v) is 11.9. The van der Waals surface area contributed by atoms with Crippen LogP contribution < -0.4 is 4.90 Å². The van der Waals surface area contributed by atoms with Crippen LogP contribution in [-0.2, 0) is 12.7 Å². The predicted octanol–water partition coefficient (Wildman–Crippen LogP) is 2.67. The Bertz CT molecular complexity index is 580. The highest BCUT2D eigenvalue weighted by Crippen LogP contribution is 2.37. The Morgan fingerprint density at radius 3 is 2.90 bits per heavy atom. The van der Waals surface area contributed by atoms with Gasteiger partial charge in [0.05, 0.1) is 6.20 Å². The molecule has 1 fully saturated rings. The Balaban J connectivity index is 1.67. The number of piperidine rings is 1. The van der Waals surface area contributed by atoms with Crippen LogP contribution in [0.1, 0.15) is 17.7 Å². The van der Waals surface area contributed by atoms with Gasteiger partial charge in [0.1, 0.15) is 17.5 Å². The van der Waals surface area contributed by atoms with Crippen molar-refractivity contribution < 1.29 is 13.2 Å². The molecule has 0 spiro atoms. The van der Waals surface area contributed by atoms with E-state index in [9.17, 15) is 13.2 Å². The van der Waals surface area contributed by atoms with Gasteiger partial charge in [0.25, 0.3) is 0 Å². The summed E-state index contributed by atoms with van der Waals surface area (Å²) in [6.45, 7) is 2.18. The molecule has 0 bridgehead atoms. The molecule has 3 rings (SSSR count). The molecule has 0 saturated carbocycles. The largest absolute Gasteiger partial charge is 0.427 e. The maximum atomic E-state index is 12.6. The number of aromatic nitrogens is 4. The highest BCUT2D eigenvalue weighted by atomic mass is 32.1. The minimum atomic E-state index is -4.31. The first-order valence-electron chi connectivity index (χ1n) is 6.63. The number of thiazole rings is 1. The van der Waals surface area contributed by atoms with Gasteiger partial charge < -0.3 is 4.90 Å². The van der Waals surface area contributed by atoms with Crippen molar-refractivity contribution in [1.82, 2.24) is 19.7 Å². The number of rotatable bonds is 3. The van der Waals surface area contributed by atoms with Crippen LogP contribution in [0, 0.1) is 5.92 Å². The summed E-state index contributed by atoms with van der Waals surface area (Å²) in [6, 6.07) is 0. The normalized spacial score (nSPS) is 20.0. The summed E-state index contributed by atoms with van der Waals surface area (Å²) >= 11 is 0.711. The highest BCUT2D eigenvalue weighted by molar-refractivity contribution is 7.15. The molecule has 1 atom stereocenters. The number of hydrogen-bond donors (Lipinski definition) is 0. The van der Waals surface area contributed by atoms with E-state index < -0.39 is 11.1 Å². The van der Waals surface area contributed by atoms with Gasteiger partial charge in [-0.05, 0) is 18.8 Å². The van der Waals surface area contributed by atoms with Crippen molar-refractivity contribution in [3.8, 4) is 0 Å². The van der Waals surface area contributed by atoms with Crippen molar-refractivity contribution >= 4 is 16.5 Å². The predicted molar refractivity (Wildman–Crippen MR) is 72.1 cm³/mol. The van der Waals surface area contributed by atoms with Crippen molar-refractivity contribution in [2.45, 2.75) is 25.6 Å². The average Bonchev–Trinajstić information content (AvgIpc) is 3.09.